The summed E-state index contributed by atoms with van der Waals surface area (Å²) in [5.74, 6) is 0. The lowest BCUT2D eigenvalue weighted by Gasteiger charge is -1.97. The Morgan fingerprint density at radius 3 is 1.71 bits per heavy atom. The van der Waals surface area contributed by atoms with Gasteiger partial charge in [0.25, 0.3) is 0 Å². The van der Waals surface area contributed by atoms with Crippen LogP contribution in [-0.2, 0) is 0 Å². The molecule has 0 fully saturated rings. The molecule has 44 valence electrons. The third-order valence-corrected chi connectivity index (χ3v) is 1.48. The maximum atomic E-state index is 11.8. The Labute approximate surface area is 67.2 Å². The van der Waals surface area contributed by atoms with Gasteiger partial charge in [0.2, 0.25) is 0 Å². The Bertz CT molecular complexity index is 39.4. The van der Waals surface area contributed by atoms with Crippen LogP contribution < -0.4 is 0 Å². The minimum atomic E-state index is -0.906. The highest BCUT2D eigenvalue weighted by Crippen LogP contribution is 2.19. The molecule has 0 spiro atoms. The van der Waals surface area contributed by atoms with Crippen molar-refractivity contribution in [2.24, 2.45) is 0 Å². The van der Waals surface area contributed by atoms with Crippen molar-refractivity contribution in [3.63, 3.8) is 0 Å². The molecule has 0 heterocycles. The topological polar surface area (TPSA) is 0 Å². The lowest BCUT2D eigenvalue weighted by Crippen LogP contribution is -1.93. The van der Waals surface area contributed by atoms with Crippen LogP contribution in [0.15, 0.2) is 0 Å². The molecule has 1 unspecified atom stereocenters. The molecule has 0 saturated heterocycles. The van der Waals surface area contributed by atoms with Crippen molar-refractivity contribution >= 4 is 47.8 Å². The second kappa shape index (κ2) is 4.27. The maximum Gasteiger partial charge on any atom is 0.156 e. The monoisotopic (exact) mass is 296 g/mol. The molecule has 0 bridgehead atoms. The van der Waals surface area contributed by atoms with Crippen LogP contribution in [0.3, 0.4) is 0 Å². The first-order valence-corrected chi connectivity index (χ1v) is 4.44. The van der Waals surface area contributed by atoms with Crippen molar-refractivity contribution in [2.75, 3.05) is 0 Å². The van der Waals surface area contributed by atoms with E-state index in [4.69, 9.17) is 0 Å². The minimum Gasteiger partial charge on any atom is -0.235 e. The molecule has 7 heavy (non-hydrogen) atoms. The van der Waals surface area contributed by atoms with Crippen LogP contribution >= 0.6 is 47.8 Å². The molecule has 0 aliphatic carbocycles. The summed E-state index contributed by atoms with van der Waals surface area (Å²) in [4.78, 5) is 0. The standard InChI is InChI=1S/C3H4Br3F/c4-2(5)1-3(6)7/h2-3H,1H2. The van der Waals surface area contributed by atoms with Gasteiger partial charge < -0.3 is 0 Å². The minimum absolute atomic E-state index is 0.0781. The summed E-state index contributed by atoms with van der Waals surface area (Å²) in [5, 5.41) is -0.906. The van der Waals surface area contributed by atoms with Crippen LogP contribution in [0.4, 0.5) is 4.39 Å². The fourth-order valence-corrected chi connectivity index (χ4v) is 2.17. The summed E-state index contributed by atoms with van der Waals surface area (Å²) in [6.07, 6.45) is 0.444. The van der Waals surface area contributed by atoms with Gasteiger partial charge in [-0.25, -0.2) is 4.39 Å². The van der Waals surface area contributed by atoms with E-state index in [0.717, 1.165) is 0 Å². The molecule has 1 atom stereocenters. The highest BCUT2D eigenvalue weighted by molar-refractivity contribution is 9.24. The molecule has 0 N–H and O–H groups in total. The second-order valence-corrected chi connectivity index (χ2v) is 5.45. The molecule has 0 aromatic rings. The molecular formula is C3H4Br3F. The average Bonchev–Trinajstić information content (AvgIpc) is 1.27. The Morgan fingerprint density at radius 2 is 1.71 bits per heavy atom. The van der Waals surface area contributed by atoms with Gasteiger partial charge in [-0.3, -0.25) is 0 Å². The van der Waals surface area contributed by atoms with Gasteiger partial charge in [0.15, 0.2) is 5.08 Å². The van der Waals surface area contributed by atoms with E-state index in [1.807, 2.05) is 0 Å². The van der Waals surface area contributed by atoms with E-state index >= 15 is 0 Å². The van der Waals surface area contributed by atoms with Gasteiger partial charge in [0.05, 0.1) is 3.74 Å². The fraction of sp³-hybridized carbons (Fsp3) is 1.00. The molecule has 0 amide bonds. The van der Waals surface area contributed by atoms with E-state index < -0.39 is 5.08 Å². The third kappa shape index (κ3) is 7.37. The molecule has 0 rings (SSSR count). The van der Waals surface area contributed by atoms with Crippen molar-refractivity contribution < 1.29 is 4.39 Å². The van der Waals surface area contributed by atoms with E-state index in [1.165, 1.54) is 0 Å². The highest BCUT2D eigenvalue weighted by Gasteiger charge is 2.04. The van der Waals surface area contributed by atoms with Crippen LogP contribution in [-0.4, -0.2) is 8.82 Å². The molecule has 0 aliphatic rings. The first-order valence-electron chi connectivity index (χ1n) is 1.69. The summed E-state index contributed by atoms with van der Waals surface area (Å²) in [6.45, 7) is 0. The van der Waals surface area contributed by atoms with Crippen LogP contribution in [0.5, 0.6) is 0 Å². The number of alkyl halides is 4. The molecule has 0 aromatic heterocycles. The largest absolute Gasteiger partial charge is 0.235 e. The molecule has 0 nitrogen and oxygen atoms in total. The molecule has 0 saturated carbocycles. The molecule has 0 radical (unpaired) electrons. The molecule has 0 aliphatic heterocycles. The normalized spacial score (nSPS) is 15.0. The van der Waals surface area contributed by atoms with Gasteiger partial charge >= 0.3 is 0 Å². The van der Waals surface area contributed by atoms with E-state index in [-0.39, 0.29) is 3.74 Å². The van der Waals surface area contributed by atoms with Crippen LogP contribution in [0.1, 0.15) is 6.42 Å². The molecular weight excluding hydrogens is 295 g/mol. The van der Waals surface area contributed by atoms with Crippen molar-refractivity contribution in [3.05, 3.63) is 0 Å². The lowest BCUT2D eigenvalue weighted by molar-refractivity contribution is 0.452. The van der Waals surface area contributed by atoms with E-state index in [2.05, 4.69) is 47.8 Å². The second-order valence-electron chi connectivity index (χ2n) is 1.02. The third-order valence-electron chi connectivity index (χ3n) is 0.356. The van der Waals surface area contributed by atoms with E-state index in [9.17, 15) is 4.39 Å². The van der Waals surface area contributed by atoms with Crippen molar-refractivity contribution in [3.8, 4) is 0 Å². The number of rotatable bonds is 2. The van der Waals surface area contributed by atoms with Gasteiger partial charge in [-0.1, -0.05) is 47.8 Å². The highest BCUT2D eigenvalue weighted by atomic mass is 79.9. The predicted octanol–water partition coefficient (Wildman–Crippen LogP) is 3.18. The number of halogens is 4. The summed E-state index contributed by atoms with van der Waals surface area (Å²) in [7, 11) is 0. The van der Waals surface area contributed by atoms with Crippen molar-refractivity contribution in [1.29, 1.82) is 0 Å². The van der Waals surface area contributed by atoms with E-state index in [0.29, 0.717) is 6.42 Å². The zero-order chi connectivity index (χ0) is 5.86. The Morgan fingerprint density at radius 1 is 1.29 bits per heavy atom. The average molecular weight is 299 g/mol. The smallest absolute Gasteiger partial charge is 0.156 e. The first-order chi connectivity index (χ1) is 3.13. The Kier molecular flexibility index (Phi) is 5.10. The van der Waals surface area contributed by atoms with Gasteiger partial charge in [-0.05, 0) is 0 Å². The van der Waals surface area contributed by atoms with Crippen molar-refractivity contribution in [2.45, 2.75) is 15.2 Å². The summed E-state index contributed by atoms with van der Waals surface area (Å²) >= 11 is 8.99. The molecule has 0 aromatic carbocycles. The van der Waals surface area contributed by atoms with Gasteiger partial charge in [-0.2, -0.15) is 0 Å². The summed E-state index contributed by atoms with van der Waals surface area (Å²) < 4.78 is 11.9. The zero-order valence-corrected chi connectivity index (χ0v) is 8.13. The van der Waals surface area contributed by atoms with Crippen LogP contribution in [0.2, 0.25) is 0 Å². The van der Waals surface area contributed by atoms with Crippen LogP contribution in [0.25, 0.3) is 0 Å². The first kappa shape index (κ1) is 8.37. The maximum absolute atomic E-state index is 11.8. The Balaban J connectivity index is 2.95. The number of hydrogen-bond acceptors (Lipinski definition) is 0. The zero-order valence-electron chi connectivity index (χ0n) is 3.37. The summed E-state index contributed by atoms with van der Waals surface area (Å²) in [6, 6.07) is 0. The van der Waals surface area contributed by atoms with Crippen molar-refractivity contribution in [1.82, 2.24) is 0 Å². The summed E-state index contributed by atoms with van der Waals surface area (Å²) in [5.41, 5.74) is 0. The lowest BCUT2D eigenvalue weighted by atomic mass is 10.6. The SMILES string of the molecule is FC(Br)CC(Br)Br. The van der Waals surface area contributed by atoms with Gasteiger partial charge in [0, 0.05) is 6.42 Å². The quantitative estimate of drug-likeness (QED) is 0.687. The van der Waals surface area contributed by atoms with Gasteiger partial charge in [-0.15, -0.1) is 0 Å². The fourth-order valence-electron chi connectivity index (χ4n) is 0.135. The predicted molar refractivity (Wildman–Crippen MR) is 40.1 cm³/mol. The molecule has 4 heteroatoms. The van der Waals surface area contributed by atoms with E-state index in [1.54, 1.807) is 0 Å². The number of hydrogen-bond donors (Lipinski definition) is 0. The van der Waals surface area contributed by atoms with Gasteiger partial charge in [0.1, 0.15) is 0 Å². The van der Waals surface area contributed by atoms with Crippen LogP contribution in [0, 0.1) is 0 Å². The Hall–Kier alpha value is 1.37.